The molecule has 0 bridgehead atoms. The number of esters is 2. The fraction of sp³-hybridized carbons (Fsp3) is 0.415. The summed E-state index contributed by atoms with van der Waals surface area (Å²) in [6.07, 6.45) is -0.522. The third kappa shape index (κ3) is 13.4. The molecule has 302 valence electrons. The maximum atomic E-state index is 13.4. The number of nitro benzene ring substituents is 1. The van der Waals surface area contributed by atoms with E-state index < -0.39 is 28.9 Å². The molecule has 3 aromatic carbocycles. The normalized spacial score (nSPS) is 14.6. The Labute approximate surface area is 326 Å². The number of nitro groups is 1. The summed E-state index contributed by atoms with van der Waals surface area (Å²) in [5.74, 6) is -0.538. The fourth-order valence-corrected chi connectivity index (χ4v) is 5.78. The molecule has 4 rings (SSSR count). The number of rotatable bonds is 23. The molecule has 15 heteroatoms. The number of allylic oxidation sites excluding steroid dienone is 2. The smallest absolute Gasteiger partial charge is 0.336 e. The third-order valence-corrected chi connectivity index (χ3v) is 8.45. The summed E-state index contributed by atoms with van der Waals surface area (Å²) >= 11 is 0. The maximum Gasteiger partial charge on any atom is 0.336 e. The van der Waals surface area contributed by atoms with Crippen LogP contribution in [0.5, 0.6) is 17.2 Å². The van der Waals surface area contributed by atoms with Gasteiger partial charge in [0.05, 0.1) is 55.0 Å². The molecule has 0 saturated heterocycles. The van der Waals surface area contributed by atoms with Crippen molar-refractivity contribution in [2.75, 3.05) is 59.8 Å². The fourth-order valence-electron chi connectivity index (χ4n) is 5.78. The number of aliphatic hydroxyl groups excluding tert-OH is 1. The van der Waals surface area contributed by atoms with Gasteiger partial charge in [0.1, 0.15) is 49.8 Å². The monoisotopic (exact) mass is 777 g/mol. The molecule has 0 aliphatic carbocycles. The summed E-state index contributed by atoms with van der Waals surface area (Å²) in [5, 5.41) is 28.0. The molecule has 1 aliphatic rings. The van der Waals surface area contributed by atoms with Crippen molar-refractivity contribution in [3.8, 4) is 17.2 Å². The molecule has 2 unspecified atom stereocenters. The topological polar surface area (TPSA) is 186 Å². The van der Waals surface area contributed by atoms with Gasteiger partial charge in [-0.15, -0.1) is 0 Å². The van der Waals surface area contributed by atoms with Crippen LogP contribution in [-0.4, -0.2) is 94.0 Å². The van der Waals surface area contributed by atoms with Gasteiger partial charge >= 0.3 is 11.9 Å². The summed E-state index contributed by atoms with van der Waals surface area (Å²) in [7, 11) is 1.22. The van der Waals surface area contributed by atoms with Gasteiger partial charge in [0.15, 0.2) is 0 Å². The predicted octanol–water partition coefficient (Wildman–Crippen LogP) is 4.97. The minimum atomic E-state index is -0.958. The van der Waals surface area contributed by atoms with Crippen molar-refractivity contribution in [2.45, 2.75) is 52.4 Å². The number of methoxy groups -OCH3 is 1. The number of dihydropyridines is 1. The van der Waals surface area contributed by atoms with Crippen LogP contribution in [0, 0.1) is 10.1 Å². The summed E-state index contributed by atoms with van der Waals surface area (Å²) in [6, 6.07) is 20.3. The molecule has 0 saturated carbocycles. The van der Waals surface area contributed by atoms with Crippen LogP contribution in [0.15, 0.2) is 95.3 Å². The Bertz CT molecular complexity index is 1810. The predicted molar refractivity (Wildman–Crippen MR) is 206 cm³/mol. The number of carbonyl (C=O) groups is 2. The standard InChI is InChI=1S/C41H51N3O12/c1-27(2)52-20-19-51-25-30-9-11-36(12-10-30)56-26-33(45)24-42-17-18-53-34-13-15-35(16-14-34)54-21-22-55-41(47)38-29(4)43-28(3)37(40(46)50-5)39(38)31-7-6-8-32(23-31)44(48)49/h6-16,23,27,33,39,42-43,45H,17-22,24-26H2,1-5H3. The van der Waals surface area contributed by atoms with Crippen LogP contribution in [0.1, 0.15) is 44.7 Å². The van der Waals surface area contributed by atoms with Gasteiger partial charge in [-0.05, 0) is 75.2 Å². The minimum absolute atomic E-state index is 0.0387. The third-order valence-electron chi connectivity index (χ3n) is 8.45. The lowest BCUT2D eigenvalue weighted by molar-refractivity contribution is -0.384. The largest absolute Gasteiger partial charge is 0.492 e. The van der Waals surface area contributed by atoms with Gasteiger partial charge in [-0.3, -0.25) is 10.1 Å². The molecular weight excluding hydrogens is 726 g/mol. The van der Waals surface area contributed by atoms with E-state index in [1.54, 1.807) is 44.2 Å². The molecule has 1 aliphatic heterocycles. The van der Waals surface area contributed by atoms with Gasteiger partial charge in [-0.25, -0.2) is 9.59 Å². The van der Waals surface area contributed by atoms with E-state index >= 15 is 0 Å². The van der Waals surface area contributed by atoms with Gasteiger partial charge in [0.2, 0.25) is 0 Å². The number of non-ortho nitro benzene ring substituents is 1. The zero-order valence-corrected chi connectivity index (χ0v) is 32.4. The van der Waals surface area contributed by atoms with E-state index in [2.05, 4.69) is 10.6 Å². The second-order valence-electron chi connectivity index (χ2n) is 13.1. The quantitative estimate of drug-likeness (QED) is 0.0507. The molecule has 0 fully saturated rings. The zero-order valence-electron chi connectivity index (χ0n) is 32.4. The molecule has 3 N–H and O–H groups in total. The Kier molecular flexibility index (Phi) is 17.1. The molecule has 56 heavy (non-hydrogen) atoms. The molecule has 3 aromatic rings. The Morgan fingerprint density at radius 3 is 2.11 bits per heavy atom. The summed E-state index contributed by atoms with van der Waals surface area (Å²) in [6.45, 7) is 10.2. The molecular formula is C41H51N3O12. The van der Waals surface area contributed by atoms with Crippen molar-refractivity contribution >= 4 is 17.6 Å². The number of aliphatic hydroxyl groups is 1. The van der Waals surface area contributed by atoms with Crippen LogP contribution >= 0.6 is 0 Å². The lowest BCUT2D eigenvalue weighted by Gasteiger charge is -2.30. The number of benzene rings is 3. The van der Waals surface area contributed by atoms with Gasteiger partial charge in [-0.1, -0.05) is 24.3 Å². The summed E-state index contributed by atoms with van der Waals surface area (Å²) in [4.78, 5) is 37.2. The van der Waals surface area contributed by atoms with Crippen molar-refractivity contribution in [1.29, 1.82) is 0 Å². The summed E-state index contributed by atoms with van der Waals surface area (Å²) in [5.41, 5.74) is 2.38. The van der Waals surface area contributed by atoms with Crippen LogP contribution in [0.3, 0.4) is 0 Å². The molecule has 0 amide bonds. The van der Waals surface area contributed by atoms with E-state index in [0.717, 1.165) is 5.56 Å². The first kappa shape index (κ1) is 43.3. The average Bonchev–Trinajstić information content (AvgIpc) is 3.18. The second-order valence-corrected chi connectivity index (χ2v) is 13.1. The number of nitrogens with one attached hydrogen (secondary N) is 2. The van der Waals surface area contributed by atoms with E-state index in [-0.39, 0.29) is 42.8 Å². The van der Waals surface area contributed by atoms with Gasteiger partial charge in [0, 0.05) is 36.6 Å². The van der Waals surface area contributed by atoms with E-state index in [0.29, 0.717) is 73.7 Å². The zero-order chi connectivity index (χ0) is 40.5. The van der Waals surface area contributed by atoms with E-state index in [4.69, 9.17) is 33.2 Å². The molecule has 0 spiro atoms. The summed E-state index contributed by atoms with van der Waals surface area (Å²) < 4.78 is 38.8. The Hall–Kier alpha value is -5.48. The number of hydrogen-bond donors (Lipinski definition) is 3. The maximum absolute atomic E-state index is 13.4. The first-order chi connectivity index (χ1) is 27.0. The molecule has 0 radical (unpaired) electrons. The Morgan fingerprint density at radius 2 is 1.46 bits per heavy atom. The Balaban J connectivity index is 1.14. The lowest BCUT2D eigenvalue weighted by atomic mass is 9.80. The van der Waals surface area contributed by atoms with Gasteiger partial charge in [0.25, 0.3) is 5.69 Å². The average molecular weight is 778 g/mol. The molecule has 0 aromatic heterocycles. The van der Waals surface area contributed by atoms with Gasteiger partial charge < -0.3 is 48.9 Å². The van der Waals surface area contributed by atoms with Crippen LogP contribution in [0.25, 0.3) is 0 Å². The van der Waals surface area contributed by atoms with Crippen molar-refractivity contribution in [1.82, 2.24) is 10.6 Å². The van der Waals surface area contributed by atoms with E-state index in [1.165, 1.54) is 25.3 Å². The van der Waals surface area contributed by atoms with Crippen LogP contribution in [0.4, 0.5) is 5.69 Å². The highest BCUT2D eigenvalue weighted by molar-refractivity contribution is 5.99. The van der Waals surface area contributed by atoms with Crippen LogP contribution < -0.4 is 24.8 Å². The molecule has 2 atom stereocenters. The first-order valence-corrected chi connectivity index (χ1v) is 18.3. The van der Waals surface area contributed by atoms with E-state index in [9.17, 15) is 24.8 Å². The SMILES string of the molecule is COC(=O)C1=C(C)NC(C)=C(C(=O)OCCOc2ccc(OCCNCC(O)COc3ccc(COCCOC(C)C)cc3)cc2)C1c1cccc([N+](=O)[O-])c1. The van der Waals surface area contributed by atoms with E-state index in [1.807, 2.05) is 38.1 Å². The van der Waals surface area contributed by atoms with Crippen LogP contribution in [-0.2, 0) is 35.1 Å². The number of carbonyl (C=O) groups excluding carboxylic acids is 2. The molecule has 1 heterocycles. The highest BCUT2D eigenvalue weighted by atomic mass is 16.6. The highest BCUT2D eigenvalue weighted by Crippen LogP contribution is 2.40. The van der Waals surface area contributed by atoms with Crippen molar-refractivity contribution in [3.05, 3.63) is 117 Å². The first-order valence-electron chi connectivity index (χ1n) is 18.3. The number of nitrogens with zero attached hydrogens (tertiary/aromatic N) is 1. The number of ether oxygens (including phenoxy) is 7. The Morgan fingerprint density at radius 1 is 0.839 bits per heavy atom. The highest BCUT2D eigenvalue weighted by Gasteiger charge is 2.38. The lowest BCUT2D eigenvalue weighted by Crippen LogP contribution is -2.33. The minimum Gasteiger partial charge on any atom is -0.492 e. The van der Waals surface area contributed by atoms with Crippen molar-refractivity contribution in [3.63, 3.8) is 0 Å². The molecule has 15 nitrogen and oxygen atoms in total. The number of hydrogen-bond acceptors (Lipinski definition) is 14. The second kappa shape index (κ2) is 22.2. The van der Waals surface area contributed by atoms with Crippen molar-refractivity contribution < 1.29 is 52.8 Å². The van der Waals surface area contributed by atoms with Crippen molar-refractivity contribution in [2.24, 2.45) is 0 Å². The van der Waals surface area contributed by atoms with Gasteiger partial charge in [-0.2, -0.15) is 0 Å². The van der Waals surface area contributed by atoms with Crippen LogP contribution in [0.2, 0.25) is 0 Å².